The van der Waals surface area contributed by atoms with Crippen molar-refractivity contribution in [2.75, 3.05) is 20.1 Å². The average molecular weight is 389 g/mol. The number of aromatic nitrogens is 1. The van der Waals surface area contributed by atoms with Crippen molar-refractivity contribution in [1.29, 1.82) is 5.26 Å². The molecule has 0 N–H and O–H groups in total. The summed E-state index contributed by atoms with van der Waals surface area (Å²) >= 11 is 0. The normalized spacial score (nSPS) is 20.9. The maximum absolute atomic E-state index is 12.8. The highest BCUT2D eigenvalue weighted by Gasteiger charge is 2.46. The Bertz CT molecular complexity index is 969. The lowest BCUT2D eigenvalue weighted by molar-refractivity contribution is -0.123. The molecule has 2 aliphatic rings. The molecule has 2 aliphatic heterocycles. The number of pyridine rings is 1. The second-order valence-electron chi connectivity index (χ2n) is 7.74. The Morgan fingerprint density at radius 3 is 3.03 bits per heavy atom. The summed E-state index contributed by atoms with van der Waals surface area (Å²) in [4.78, 5) is 26.7. The highest BCUT2D eigenvalue weighted by atomic mass is 16.7. The van der Waals surface area contributed by atoms with Crippen molar-refractivity contribution >= 4 is 11.6 Å². The molecule has 0 unspecified atom stereocenters. The molecule has 1 spiro atoms. The molecule has 0 saturated carbocycles. The number of likely N-dealkylation sites (tertiary alicyclic amines) is 1. The van der Waals surface area contributed by atoms with Crippen LogP contribution in [0.15, 0.2) is 53.8 Å². The van der Waals surface area contributed by atoms with E-state index in [2.05, 4.69) is 21.1 Å². The van der Waals surface area contributed by atoms with Gasteiger partial charge in [0.1, 0.15) is 5.71 Å². The zero-order valence-corrected chi connectivity index (χ0v) is 16.4. The number of hydrogen-bond donors (Lipinski definition) is 0. The highest BCUT2D eigenvalue weighted by Crippen LogP contribution is 2.35. The van der Waals surface area contributed by atoms with Gasteiger partial charge < -0.3 is 9.74 Å². The summed E-state index contributed by atoms with van der Waals surface area (Å²) in [6.45, 7) is 2.78. The van der Waals surface area contributed by atoms with E-state index < -0.39 is 5.60 Å². The minimum Gasteiger partial charge on any atom is -0.387 e. The van der Waals surface area contributed by atoms with Gasteiger partial charge in [-0.15, -0.1) is 0 Å². The van der Waals surface area contributed by atoms with Gasteiger partial charge in [0, 0.05) is 45.7 Å². The van der Waals surface area contributed by atoms with Gasteiger partial charge in [-0.2, -0.15) is 5.26 Å². The number of nitrogens with zero attached hydrogens (tertiary/aromatic N) is 5. The third kappa shape index (κ3) is 4.28. The molecule has 7 heteroatoms. The van der Waals surface area contributed by atoms with Gasteiger partial charge in [0.15, 0.2) is 5.60 Å². The second-order valence-corrected chi connectivity index (χ2v) is 7.74. The quantitative estimate of drug-likeness (QED) is 0.784. The summed E-state index contributed by atoms with van der Waals surface area (Å²) in [5, 5.41) is 13.2. The Kier molecular flexibility index (Phi) is 5.28. The van der Waals surface area contributed by atoms with Crippen molar-refractivity contribution < 1.29 is 9.63 Å². The Hall–Kier alpha value is -3.24. The molecule has 0 bridgehead atoms. The van der Waals surface area contributed by atoms with Gasteiger partial charge in [-0.3, -0.25) is 14.7 Å². The molecule has 0 aliphatic carbocycles. The number of benzene rings is 1. The first kappa shape index (κ1) is 19.1. The molecule has 1 saturated heterocycles. The fourth-order valence-corrected chi connectivity index (χ4v) is 3.94. The van der Waals surface area contributed by atoms with Crippen LogP contribution in [-0.2, 0) is 22.7 Å². The van der Waals surface area contributed by atoms with Gasteiger partial charge >= 0.3 is 0 Å². The largest absolute Gasteiger partial charge is 0.387 e. The molecular weight excluding hydrogens is 366 g/mol. The van der Waals surface area contributed by atoms with E-state index in [1.165, 1.54) is 0 Å². The van der Waals surface area contributed by atoms with Gasteiger partial charge in [-0.05, 0) is 29.8 Å². The molecule has 2 aromatic rings. The van der Waals surface area contributed by atoms with Crippen LogP contribution in [0.3, 0.4) is 0 Å². The van der Waals surface area contributed by atoms with E-state index in [-0.39, 0.29) is 5.91 Å². The monoisotopic (exact) mass is 389 g/mol. The lowest BCUT2D eigenvalue weighted by Gasteiger charge is -2.22. The van der Waals surface area contributed by atoms with Crippen LogP contribution in [0.5, 0.6) is 0 Å². The molecule has 7 nitrogen and oxygen atoms in total. The zero-order valence-electron chi connectivity index (χ0n) is 16.4. The lowest BCUT2D eigenvalue weighted by atomic mass is 9.96. The van der Waals surface area contributed by atoms with E-state index >= 15 is 0 Å². The third-order valence-electron chi connectivity index (χ3n) is 5.42. The number of rotatable bonds is 5. The summed E-state index contributed by atoms with van der Waals surface area (Å²) < 4.78 is 0. The van der Waals surface area contributed by atoms with Crippen LogP contribution in [0.1, 0.15) is 29.7 Å². The predicted octanol–water partition coefficient (Wildman–Crippen LogP) is 2.33. The van der Waals surface area contributed by atoms with Crippen LogP contribution in [0.4, 0.5) is 0 Å². The standard InChI is InChI=1S/C22H23N5O2/c1-26(15-19-7-2-3-9-24-19)21(28)20-12-22(29-25-20)8-10-27(16-22)14-18-6-4-5-17(11-18)13-23/h2-7,9,11H,8,10,12,14-16H2,1H3/t22-/m0/s1. The van der Waals surface area contributed by atoms with E-state index in [9.17, 15) is 4.79 Å². The molecule has 29 heavy (non-hydrogen) atoms. The number of hydrogen-bond acceptors (Lipinski definition) is 6. The van der Waals surface area contributed by atoms with E-state index in [1.54, 1.807) is 18.1 Å². The predicted molar refractivity (Wildman–Crippen MR) is 108 cm³/mol. The van der Waals surface area contributed by atoms with Gasteiger partial charge in [-0.1, -0.05) is 23.4 Å². The molecule has 148 valence electrons. The maximum Gasteiger partial charge on any atom is 0.271 e. The lowest BCUT2D eigenvalue weighted by Crippen LogP contribution is -2.37. The fraction of sp³-hybridized carbons (Fsp3) is 0.364. The van der Waals surface area contributed by atoms with Gasteiger partial charge in [-0.25, -0.2) is 0 Å². The molecule has 1 fully saturated rings. The van der Waals surface area contributed by atoms with Crippen LogP contribution in [0, 0.1) is 11.3 Å². The van der Waals surface area contributed by atoms with Crippen LogP contribution in [0.25, 0.3) is 0 Å². The first-order valence-electron chi connectivity index (χ1n) is 9.69. The minimum atomic E-state index is -0.427. The Balaban J connectivity index is 1.34. The maximum atomic E-state index is 12.8. The number of carbonyl (C=O) groups excluding carboxylic acids is 1. The summed E-state index contributed by atoms with van der Waals surface area (Å²) in [6, 6.07) is 15.5. The zero-order chi connectivity index (χ0) is 20.3. The molecule has 0 radical (unpaired) electrons. The molecule has 1 atom stereocenters. The van der Waals surface area contributed by atoms with Gasteiger partial charge in [0.25, 0.3) is 5.91 Å². The van der Waals surface area contributed by atoms with Crippen molar-refractivity contribution in [1.82, 2.24) is 14.8 Å². The summed E-state index contributed by atoms with van der Waals surface area (Å²) in [5.41, 5.74) is 2.65. The van der Waals surface area contributed by atoms with Crippen LogP contribution in [-0.4, -0.2) is 52.1 Å². The number of nitriles is 1. The topological polar surface area (TPSA) is 81.8 Å². The summed E-state index contributed by atoms with van der Waals surface area (Å²) in [5.74, 6) is -0.118. The Morgan fingerprint density at radius 1 is 1.34 bits per heavy atom. The molecule has 4 rings (SSSR count). The molecule has 3 heterocycles. The van der Waals surface area contributed by atoms with Crippen molar-refractivity contribution in [2.45, 2.75) is 31.5 Å². The van der Waals surface area contributed by atoms with E-state index in [4.69, 9.17) is 10.1 Å². The Morgan fingerprint density at radius 2 is 2.24 bits per heavy atom. The molecule has 1 amide bonds. The Labute approximate surface area is 170 Å². The molecule has 1 aromatic carbocycles. The number of oxime groups is 1. The third-order valence-corrected chi connectivity index (χ3v) is 5.42. The minimum absolute atomic E-state index is 0.118. The average Bonchev–Trinajstić information content (AvgIpc) is 3.34. The smallest absolute Gasteiger partial charge is 0.271 e. The van der Waals surface area contributed by atoms with Crippen molar-refractivity contribution in [3.8, 4) is 6.07 Å². The van der Waals surface area contributed by atoms with E-state index in [0.717, 1.165) is 30.8 Å². The van der Waals surface area contributed by atoms with Crippen molar-refractivity contribution in [3.05, 3.63) is 65.5 Å². The van der Waals surface area contributed by atoms with Crippen LogP contribution in [0.2, 0.25) is 0 Å². The number of carbonyl (C=O) groups is 1. The van der Waals surface area contributed by atoms with E-state index in [1.807, 2.05) is 42.5 Å². The van der Waals surface area contributed by atoms with Crippen LogP contribution >= 0.6 is 0 Å². The first-order valence-corrected chi connectivity index (χ1v) is 9.69. The SMILES string of the molecule is CN(Cc1ccccn1)C(=O)C1=NO[C@@]2(CCN(Cc3cccc(C#N)c3)C2)C1. The number of amides is 1. The summed E-state index contributed by atoms with van der Waals surface area (Å²) in [6.07, 6.45) is 3.07. The van der Waals surface area contributed by atoms with Crippen molar-refractivity contribution in [2.24, 2.45) is 5.16 Å². The fourth-order valence-electron chi connectivity index (χ4n) is 3.94. The molecule has 1 aromatic heterocycles. The van der Waals surface area contributed by atoms with E-state index in [0.29, 0.717) is 30.8 Å². The van der Waals surface area contributed by atoms with Crippen LogP contribution < -0.4 is 0 Å². The first-order chi connectivity index (χ1) is 14.1. The second kappa shape index (κ2) is 8.02. The molecular formula is C22H23N5O2. The van der Waals surface area contributed by atoms with Gasteiger partial charge in [0.2, 0.25) is 0 Å². The highest BCUT2D eigenvalue weighted by molar-refractivity contribution is 6.39. The van der Waals surface area contributed by atoms with Crippen molar-refractivity contribution in [3.63, 3.8) is 0 Å². The summed E-state index contributed by atoms with van der Waals surface area (Å²) in [7, 11) is 1.76. The van der Waals surface area contributed by atoms with Gasteiger partial charge in [0.05, 0.1) is 23.9 Å².